The fraction of sp³-hybridized carbons (Fsp3) is 0.474. The van der Waals surface area contributed by atoms with Crippen molar-refractivity contribution >= 4 is 5.95 Å². The van der Waals surface area contributed by atoms with Gasteiger partial charge in [-0.3, -0.25) is 4.98 Å². The molecule has 0 saturated heterocycles. The second kappa shape index (κ2) is 7.87. The maximum Gasteiger partial charge on any atom is 0.223 e. The first kappa shape index (κ1) is 16.4. The summed E-state index contributed by atoms with van der Waals surface area (Å²) in [5.74, 6) is 0.155. The molecule has 2 heterocycles. The Balaban J connectivity index is 1.84. The Morgan fingerprint density at radius 2 is 1.96 bits per heavy atom. The molecule has 1 N–H and O–H groups in total. The number of nitrogens with one attached hydrogen (secondary N) is 1. The normalized spacial score (nSPS) is 16.8. The zero-order chi connectivity index (χ0) is 16.8. The van der Waals surface area contributed by atoms with Crippen LogP contribution in [-0.2, 0) is 0 Å². The van der Waals surface area contributed by atoms with E-state index in [9.17, 15) is 5.26 Å². The molecule has 5 heteroatoms. The molecule has 1 saturated carbocycles. The Bertz CT molecular complexity index is 699. The van der Waals surface area contributed by atoms with Crippen LogP contribution in [0.3, 0.4) is 0 Å². The zero-order valence-electron chi connectivity index (χ0n) is 14.1. The molecule has 1 unspecified atom stereocenters. The summed E-state index contributed by atoms with van der Waals surface area (Å²) in [7, 11) is 0. The van der Waals surface area contributed by atoms with Crippen LogP contribution in [0.2, 0.25) is 0 Å². The van der Waals surface area contributed by atoms with E-state index in [0.717, 1.165) is 29.8 Å². The van der Waals surface area contributed by atoms with Crippen molar-refractivity contribution in [2.45, 2.75) is 57.4 Å². The van der Waals surface area contributed by atoms with Crippen molar-refractivity contribution in [2.75, 3.05) is 5.32 Å². The van der Waals surface area contributed by atoms with E-state index in [1.54, 1.807) is 12.4 Å². The fourth-order valence-corrected chi connectivity index (χ4v) is 3.24. The van der Waals surface area contributed by atoms with Crippen molar-refractivity contribution in [3.8, 4) is 6.07 Å². The van der Waals surface area contributed by atoms with Crippen LogP contribution in [-0.4, -0.2) is 21.0 Å². The van der Waals surface area contributed by atoms with Gasteiger partial charge in [0.2, 0.25) is 5.95 Å². The van der Waals surface area contributed by atoms with Gasteiger partial charge in [-0.1, -0.05) is 31.7 Å². The average molecular weight is 321 g/mol. The molecule has 0 aromatic carbocycles. The van der Waals surface area contributed by atoms with Gasteiger partial charge in [0.1, 0.15) is 5.92 Å². The predicted molar refractivity (Wildman–Crippen MR) is 93.6 cm³/mol. The molecule has 5 nitrogen and oxygen atoms in total. The molecule has 1 fully saturated rings. The zero-order valence-corrected chi connectivity index (χ0v) is 14.1. The monoisotopic (exact) mass is 321 g/mol. The van der Waals surface area contributed by atoms with Crippen molar-refractivity contribution in [1.82, 2.24) is 15.0 Å². The maximum atomic E-state index is 9.64. The highest BCUT2D eigenvalue weighted by atomic mass is 15.1. The largest absolute Gasteiger partial charge is 0.351 e. The van der Waals surface area contributed by atoms with Crippen molar-refractivity contribution in [3.05, 3.63) is 47.5 Å². The summed E-state index contributed by atoms with van der Waals surface area (Å²) in [4.78, 5) is 13.4. The lowest BCUT2D eigenvalue weighted by Gasteiger charge is -2.18. The molecule has 0 aliphatic heterocycles. The summed E-state index contributed by atoms with van der Waals surface area (Å²) in [6.07, 6.45) is 11.0. The summed E-state index contributed by atoms with van der Waals surface area (Å²) >= 11 is 0. The molecule has 0 spiro atoms. The Hall–Kier alpha value is -2.48. The number of aromatic nitrogens is 3. The third kappa shape index (κ3) is 3.88. The molecular formula is C19H23N5. The highest BCUT2D eigenvalue weighted by Gasteiger charge is 2.20. The number of nitrogens with zero attached hydrogens (tertiary/aromatic N) is 4. The van der Waals surface area contributed by atoms with Crippen LogP contribution in [0.4, 0.5) is 5.95 Å². The third-order valence-electron chi connectivity index (χ3n) is 4.59. The van der Waals surface area contributed by atoms with Crippen LogP contribution in [0.5, 0.6) is 0 Å². The highest BCUT2D eigenvalue weighted by molar-refractivity contribution is 5.38. The second-order valence-corrected chi connectivity index (χ2v) is 6.41. The quantitative estimate of drug-likeness (QED) is 0.862. The molecule has 0 radical (unpaired) electrons. The van der Waals surface area contributed by atoms with E-state index in [4.69, 9.17) is 0 Å². The molecule has 24 heavy (non-hydrogen) atoms. The van der Waals surface area contributed by atoms with Crippen LogP contribution in [0.15, 0.2) is 30.6 Å². The van der Waals surface area contributed by atoms with Gasteiger partial charge in [-0.25, -0.2) is 9.97 Å². The summed E-state index contributed by atoms with van der Waals surface area (Å²) in [6, 6.07) is 8.38. The molecule has 2 aromatic rings. The highest BCUT2D eigenvalue weighted by Crippen LogP contribution is 2.25. The van der Waals surface area contributed by atoms with Crippen molar-refractivity contribution in [2.24, 2.45) is 0 Å². The van der Waals surface area contributed by atoms with Gasteiger partial charge in [-0.15, -0.1) is 0 Å². The topological polar surface area (TPSA) is 74.5 Å². The first-order chi connectivity index (χ1) is 11.8. The Labute approximate surface area is 143 Å². The van der Waals surface area contributed by atoms with Gasteiger partial charge in [-0.2, -0.15) is 5.26 Å². The van der Waals surface area contributed by atoms with E-state index in [1.807, 2.05) is 25.1 Å². The number of aryl methyl sites for hydroxylation is 1. The van der Waals surface area contributed by atoms with Gasteiger partial charge >= 0.3 is 0 Å². The van der Waals surface area contributed by atoms with E-state index >= 15 is 0 Å². The van der Waals surface area contributed by atoms with E-state index in [0.29, 0.717) is 12.0 Å². The molecular weight excluding hydrogens is 298 g/mol. The first-order valence-electron chi connectivity index (χ1n) is 8.68. The molecule has 124 valence electrons. The first-order valence-corrected chi connectivity index (χ1v) is 8.68. The predicted octanol–water partition coefficient (Wildman–Crippen LogP) is 3.97. The molecule has 0 bridgehead atoms. The number of pyridine rings is 1. The van der Waals surface area contributed by atoms with Crippen LogP contribution >= 0.6 is 0 Å². The lowest BCUT2D eigenvalue weighted by atomic mass is 9.99. The van der Waals surface area contributed by atoms with Gasteiger partial charge in [0, 0.05) is 18.4 Å². The Morgan fingerprint density at radius 1 is 1.17 bits per heavy atom. The van der Waals surface area contributed by atoms with E-state index < -0.39 is 5.92 Å². The SMILES string of the molecule is Cc1cnc(NC2CCCCCC2)nc1C(C#N)c1ccccn1. The lowest BCUT2D eigenvalue weighted by molar-refractivity contribution is 0.614. The van der Waals surface area contributed by atoms with Crippen LogP contribution in [0, 0.1) is 18.3 Å². The molecule has 1 atom stereocenters. The Morgan fingerprint density at radius 3 is 2.62 bits per heavy atom. The maximum absolute atomic E-state index is 9.64. The third-order valence-corrected chi connectivity index (χ3v) is 4.59. The minimum atomic E-state index is -0.469. The smallest absolute Gasteiger partial charge is 0.223 e. The number of hydrogen-bond donors (Lipinski definition) is 1. The van der Waals surface area contributed by atoms with Gasteiger partial charge in [-0.05, 0) is 37.5 Å². The minimum absolute atomic E-state index is 0.429. The van der Waals surface area contributed by atoms with Crippen LogP contribution in [0.1, 0.15) is 61.4 Å². The molecule has 0 amide bonds. The number of nitriles is 1. The van der Waals surface area contributed by atoms with Crippen LogP contribution < -0.4 is 5.32 Å². The van der Waals surface area contributed by atoms with E-state index in [2.05, 4.69) is 26.3 Å². The van der Waals surface area contributed by atoms with Crippen molar-refractivity contribution < 1.29 is 0 Å². The minimum Gasteiger partial charge on any atom is -0.351 e. The molecule has 3 rings (SSSR count). The number of hydrogen-bond acceptors (Lipinski definition) is 5. The standard InChI is InChI=1S/C19H23N5/c1-14-13-22-19(23-15-8-4-2-3-5-9-15)24-18(14)16(12-20)17-10-6-7-11-21-17/h6-7,10-11,13,15-16H,2-5,8-9H2,1H3,(H,22,23,24). The molecule has 2 aromatic heterocycles. The summed E-state index contributed by atoms with van der Waals surface area (Å²) in [5, 5.41) is 13.1. The van der Waals surface area contributed by atoms with Crippen molar-refractivity contribution in [3.63, 3.8) is 0 Å². The van der Waals surface area contributed by atoms with Gasteiger partial charge in [0.25, 0.3) is 0 Å². The number of anilines is 1. The van der Waals surface area contributed by atoms with Gasteiger partial charge in [0.05, 0.1) is 17.5 Å². The average Bonchev–Trinajstić information content (AvgIpc) is 2.88. The lowest BCUT2D eigenvalue weighted by Crippen LogP contribution is -2.21. The molecule has 1 aliphatic rings. The van der Waals surface area contributed by atoms with Crippen molar-refractivity contribution in [1.29, 1.82) is 5.26 Å². The molecule has 1 aliphatic carbocycles. The summed E-state index contributed by atoms with van der Waals surface area (Å²) in [6.45, 7) is 1.94. The summed E-state index contributed by atoms with van der Waals surface area (Å²) < 4.78 is 0. The van der Waals surface area contributed by atoms with E-state index in [-0.39, 0.29) is 0 Å². The fourth-order valence-electron chi connectivity index (χ4n) is 3.24. The van der Waals surface area contributed by atoms with Gasteiger partial charge in [0.15, 0.2) is 0 Å². The second-order valence-electron chi connectivity index (χ2n) is 6.41. The van der Waals surface area contributed by atoms with E-state index in [1.165, 1.54) is 25.7 Å². The summed E-state index contributed by atoms with van der Waals surface area (Å²) in [5.41, 5.74) is 2.38. The van der Waals surface area contributed by atoms with Gasteiger partial charge < -0.3 is 5.32 Å². The Kier molecular flexibility index (Phi) is 5.37. The number of rotatable bonds is 4. The van der Waals surface area contributed by atoms with Crippen LogP contribution in [0.25, 0.3) is 0 Å².